The molecular weight excluding hydrogens is 356 g/mol. The average Bonchev–Trinajstić information content (AvgIpc) is 2.51. The van der Waals surface area contributed by atoms with E-state index in [2.05, 4.69) is 31.4 Å². The molecule has 1 saturated heterocycles. The Kier molecular flexibility index (Phi) is 10.3. The van der Waals surface area contributed by atoms with E-state index in [4.69, 9.17) is 4.74 Å². The highest BCUT2D eigenvalue weighted by atomic mass is 33.1. The molecule has 0 saturated carbocycles. The van der Waals surface area contributed by atoms with Gasteiger partial charge in [-0.2, -0.15) is 0 Å². The summed E-state index contributed by atoms with van der Waals surface area (Å²) in [5, 5.41) is 6.11. The second kappa shape index (κ2) is 11.3. The fraction of sp³-hybridized carbons (Fsp3) is 0.889. The summed E-state index contributed by atoms with van der Waals surface area (Å²) in [5.74, 6) is 1.39. The lowest BCUT2D eigenvalue weighted by Crippen LogP contribution is -2.44. The third-order valence-electron chi connectivity index (χ3n) is 3.72. The van der Waals surface area contributed by atoms with Crippen molar-refractivity contribution >= 4 is 33.5 Å². The van der Waals surface area contributed by atoms with Gasteiger partial charge in [-0.15, -0.1) is 0 Å². The number of ketones is 1. The van der Waals surface area contributed by atoms with Gasteiger partial charge in [0, 0.05) is 16.9 Å². The lowest BCUT2D eigenvalue weighted by atomic mass is 9.91. The molecule has 1 aliphatic heterocycles. The molecule has 1 amide bonds. The second-order valence-corrected chi connectivity index (χ2v) is 11.2. The molecule has 7 heteroatoms. The number of alkyl carbamates (subject to hydrolysis) is 1. The topological polar surface area (TPSA) is 67.4 Å². The van der Waals surface area contributed by atoms with Crippen molar-refractivity contribution in [1.82, 2.24) is 10.6 Å². The third kappa shape index (κ3) is 11.0. The summed E-state index contributed by atoms with van der Waals surface area (Å²) in [6.45, 7) is 12.7. The van der Waals surface area contributed by atoms with E-state index in [1.807, 2.05) is 13.8 Å². The minimum absolute atomic E-state index is 0.117. The minimum atomic E-state index is -0.487. The van der Waals surface area contributed by atoms with Crippen LogP contribution < -0.4 is 10.6 Å². The van der Waals surface area contributed by atoms with E-state index in [9.17, 15) is 9.59 Å². The molecule has 1 rings (SSSR count). The fourth-order valence-corrected chi connectivity index (χ4v) is 4.93. The van der Waals surface area contributed by atoms with Crippen LogP contribution in [0.4, 0.5) is 4.79 Å². The summed E-state index contributed by atoms with van der Waals surface area (Å²) in [6.07, 6.45) is 2.11. The van der Waals surface area contributed by atoms with E-state index >= 15 is 0 Å². The van der Waals surface area contributed by atoms with Gasteiger partial charge in [0.1, 0.15) is 6.04 Å². The Bertz CT molecular complexity index is 419. The predicted octanol–water partition coefficient (Wildman–Crippen LogP) is 3.88. The van der Waals surface area contributed by atoms with Crippen LogP contribution in [0.5, 0.6) is 0 Å². The first-order valence-corrected chi connectivity index (χ1v) is 11.5. The van der Waals surface area contributed by atoms with Gasteiger partial charge in [-0.25, -0.2) is 4.79 Å². The van der Waals surface area contributed by atoms with Crippen LogP contribution in [-0.2, 0) is 9.53 Å². The summed E-state index contributed by atoms with van der Waals surface area (Å²) >= 11 is 0. The van der Waals surface area contributed by atoms with Crippen LogP contribution >= 0.6 is 21.6 Å². The lowest BCUT2D eigenvalue weighted by molar-refractivity contribution is -0.121. The smallest absolute Gasteiger partial charge is 0.407 e. The number of hydrogen-bond acceptors (Lipinski definition) is 6. The van der Waals surface area contributed by atoms with Crippen LogP contribution in [0, 0.1) is 11.8 Å². The van der Waals surface area contributed by atoms with E-state index in [-0.39, 0.29) is 16.4 Å². The molecule has 0 aromatic carbocycles. The van der Waals surface area contributed by atoms with E-state index in [0.717, 1.165) is 25.9 Å². The monoisotopic (exact) mass is 390 g/mol. The molecule has 0 radical (unpaired) electrons. The molecule has 0 aliphatic carbocycles. The molecule has 1 atom stereocenters. The maximum Gasteiger partial charge on any atom is 0.407 e. The predicted molar refractivity (Wildman–Crippen MR) is 108 cm³/mol. The van der Waals surface area contributed by atoms with Crippen LogP contribution in [0.15, 0.2) is 0 Å². The zero-order chi connectivity index (χ0) is 18.9. The number of carbonyl (C=O) groups excluding carboxylic acids is 2. The zero-order valence-corrected chi connectivity index (χ0v) is 17.9. The Balaban J connectivity index is 2.55. The van der Waals surface area contributed by atoms with Crippen molar-refractivity contribution in [3.8, 4) is 0 Å². The standard InChI is InChI=1S/C18H34N2O3S2/c1-13(2)11-23-17(22)20-15(12-24-25-18(3,4)5)16(21)10-14-6-8-19-9-7-14/h13-15,19H,6-12H2,1-5H3,(H,20,22). The van der Waals surface area contributed by atoms with Gasteiger partial charge in [0.2, 0.25) is 0 Å². The fourth-order valence-electron chi connectivity index (χ4n) is 2.43. The van der Waals surface area contributed by atoms with E-state index < -0.39 is 12.1 Å². The van der Waals surface area contributed by atoms with Crippen molar-refractivity contribution in [3.05, 3.63) is 0 Å². The number of Topliss-reactive ketones (excluding diaryl/α,β-unsaturated/α-hetero) is 1. The Labute approximate surface area is 160 Å². The van der Waals surface area contributed by atoms with Crippen molar-refractivity contribution in [3.63, 3.8) is 0 Å². The lowest BCUT2D eigenvalue weighted by Gasteiger charge is -2.25. The molecule has 1 aliphatic rings. The first-order chi connectivity index (χ1) is 11.7. The molecule has 0 aromatic rings. The number of ether oxygens (including phenoxy) is 1. The zero-order valence-electron chi connectivity index (χ0n) is 16.2. The van der Waals surface area contributed by atoms with Gasteiger partial charge in [-0.1, -0.05) is 56.2 Å². The van der Waals surface area contributed by atoms with Gasteiger partial charge in [-0.05, 0) is 37.8 Å². The highest BCUT2D eigenvalue weighted by Crippen LogP contribution is 2.35. The van der Waals surface area contributed by atoms with E-state index in [1.165, 1.54) is 0 Å². The molecule has 0 bridgehead atoms. The molecule has 25 heavy (non-hydrogen) atoms. The van der Waals surface area contributed by atoms with Gasteiger partial charge < -0.3 is 15.4 Å². The summed E-state index contributed by atoms with van der Waals surface area (Å²) in [5.41, 5.74) is 0. The van der Waals surface area contributed by atoms with Crippen molar-refractivity contribution in [2.75, 3.05) is 25.4 Å². The van der Waals surface area contributed by atoms with Crippen LogP contribution in [-0.4, -0.2) is 48.1 Å². The van der Waals surface area contributed by atoms with Gasteiger partial charge in [0.15, 0.2) is 5.78 Å². The SMILES string of the molecule is CC(C)COC(=O)NC(CSSC(C)(C)C)C(=O)CC1CCNCC1. The Hall–Kier alpha value is -0.400. The van der Waals surface area contributed by atoms with Crippen molar-refractivity contribution < 1.29 is 14.3 Å². The van der Waals surface area contributed by atoms with Gasteiger partial charge >= 0.3 is 6.09 Å². The first kappa shape index (κ1) is 22.6. The highest BCUT2D eigenvalue weighted by molar-refractivity contribution is 8.77. The molecule has 0 spiro atoms. The molecule has 1 heterocycles. The summed E-state index contributed by atoms with van der Waals surface area (Å²) in [7, 11) is 3.37. The minimum Gasteiger partial charge on any atom is -0.449 e. The number of amides is 1. The molecule has 1 fully saturated rings. The van der Waals surface area contributed by atoms with Crippen molar-refractivity contribution in [2.45, 2.75) is 64.7 Å². The normalized spacial score (nSPS) is 17.4. The molecular formula is C18H34N2O3S2. The molecule has 146 valence electrons. The van der Waals surface area contributed by atoms with Crippen molar-refractivity contribution in [1.29, 1.82) is 0 Å². The molecule has 0 aromatic heterocycles. The number of rotatable bonds is 9. The number of nitrogens with one attached hydrogen (secondary N) is 2. The Morgan fingerprint density at radius 2 is 1.88 bits per heavy atom. The maximum atomic E-state index is 12.7. The van der Waals surface area contributed by atoms with Crippen LogP contribution in [0.1, 0.15) is 53.9 Å². The van der Waals surface area contributed by atoms with Crippen LogP contribution in [0.2, 0.25) is 0 Å². The molecule has 5 nitrogen and oxygen atoms in total. The average molecular weight is 391 g/mol. The summed E-state index contributed by atoms with van der Waals surface area (Å²) < 4.78 is 5.31. The third-order valence-corrected chi connectivity index (χ3v) is 7.07. The number of hydrogen-bond donors (Lipinski definition) is 2. The van der Waals surface area contributed by atoms with E-state index in [0.29, 0.717) is 24.7 Å². The van der Waals surface area contributed by atoms with Gasteiger partial charge in [-0.3, -0.25) is 4.79 Å². The summed E-state index contributed by atoms with van der Waals surface area (Å²) in [6, 6.07) is -0.477. The van der Waals surface area contributed by atoms with Crippen molar-refractivity contribution in [2.24, 2.45) is 11.8 Å². The quantitative estimate of drug-likeness (QED) is 0.583. The second-order valence-electron chi connectivity index (χ2n) is 8.03. The van der Waals surface area contributed by atoms with E-state index in [1.54, 1.807) is 21.6 Å². The molecule has 2 N–H and O–H groups in total. The van der Waals surface area contributed by atoms with Crippen LogP contribution in [0.25, 0.3) is 0 Å². The largest absolute Gasteiger partial charge is 0.449 e. The first-order valence-electron chi connectivity index (χ1n) is 9.14. The maximum absolute atomic E-state index is 12.7. The number of piperidine rings is 1. The van der Waals surface area contributed by atoms with Gasteiger partial charge in [0.25, 0.3) is 0 Å². The Morgan fingerprint density at radius 1 is 1.24 bits per heavy atom. The van der Waals surface area contributed by atoms with Crippen LogP contribution in [0.3, 0.4) is 0 Å². The highest BCUT2D eigenvalue weighted by Gasteiger charge is 2.26. The molecule has 1 unspecified atom stereocenters. The Morgan fingerprint density at radius 3 is 2.44 bits per heavy atom. The number of carbonyl (C=O) groups is 2. The summed E-state index contributed by atoms with van der Waals surface area (Å²) in [4.78, 5) is 24.7. The van der Waals surface area contributed by atoms with Gasteiger partial charge in [0.05, 0.1) is 6.61 Å².